The van der Waals surface area contributed by atoms with E-state index in [4.69, 9.17) is 4.74 Å². The van der Waals surface area contributed by atoms with Gasteiger partial charge in [0.1, 0.15) is 0 Å². The first kappa shape index (κ1) is 11.7. The van der Waals surface area contributed by atoms with Crippen molar-refractivity contribution in [1.82, 2.24) is 9.88 Å². The maximum Gasteiger partial charge on any atom is 0.0586 e. The first-order valence-corrected chi connectivity index (χ1v) is 6.23. The van der Waals surface area contributed by atoms with Crippen LogP contribution in [0.15, 0.2) is 18.3 Å². The predicted molar refractivity (Wildman–Crippen MR) is 65.4 cm³/mol. The number of aromatic nitrogens is 1. The highest BCUT2D eigenvalue weighted by atomic mass is 16.5. The van der Waals surface area contributed by atoms with Gasteiger partial charge in [0.2, 0.25) is 0 Å². The van der Waals surface area contributed by atoms with E-state index >= 15 is 0 Å². The Morgan fingerprint density at radius 1 is 1.50 bits per heavy atom. The Labute approximate surface area is 97.8 Å². The molecule has 3 heteroatoms. The zero-order valence-corrected chi connectivity index (χ0v) is 10.3. The van der Waals surface area contributed by atoms with Crippen LogP contribution < -0.4 is 5.32 Å². The Morgan fingerprint density at radius 2 is 2.38 bits per heavy atom. The average molecular weight is 222 g/mol. The third-order valence-corrected chi connectivity index (χ3v) is 3.55. The van der Waals surface area contributed by atoms with Crippen molar-refractivity contribution in [2.75, 3.05) is 7.11 Å². The van der Waals surface area contributed by atoms with Crippen LogP contribution in [-0.4, -0.2) is 23.8 Å². The van der Waals surface area contributed by atoms with Gasteiger partial charge in [0.05, 0.1) is 6.10 Å². The summed E-state index contributed by atoms with van der Waals surface area (Å²) in [6.45, 7) is 4.21. The molecule has 1 aliphatic carbocycles. The Kier molecular flexibility index (Phi) is 4.02. The van der Waals surface area contributed by atoms with E-state index in [0.29, 0.717) is 12.1 Å². The highest BCUT2D eigenvalue weighted by Crippen LogP contribution is 2.21. The molecule has 0 aliphatic heterocycles. The average Bonchev–Trinajstić information content (AvgIpc) is 2.94. The lowest BCUT2D eigenvalue weighted by Crippen LogP contribution is -2.27. The second-order valence-corrected chi connectivity index (χ2v) is 4.53. The van der Waals surface area contributed by atoms with Gasteiger partial charge in [-0.25, -0.2) is 0 Å². The van der Waals surface area contributed by atoms with Crippen molar-refractivity contribution in [3.8, 4) is 0 Å². The summed E-state index contributed by atoms with van der Waals surface area (Å²) in [7, 11) is 1.81. The van der Waals surface area contributed by atoms with Crippen LogP contribution in [0.4, 0.5) is 0 Å². The van der Waals surface area contributed by atoms with E-state index in [2.05, 4.69) is 35.1 Å². The molecule has 2 rings (SSSR count). The van der Waals surface area contributed by atoms with Crippen molar-refractivity contribution in [2.24, 2.45) is 0 Å². The minimum absolute atomic E-state index is 0.468. The summed E-state index contributed by atoms with van der Waals surface area (Å²) in [5, 5.41) is 3.62. The molecular weight excluding hydrogens is 200 g/mol. The van der Waals surface area contributed by atoms with Crippen molar-refractivity contribution >= 4 is 0 Å². The van der Waals surface area contributed by atoms with Crippen molar-refractivity contribution in [3.63, 3.8) is 0 Å². The highest BCUT2D eigenvalue weighted by molar-refractivity contribution is 5.07. The Bertz CT molecular complexity index is 321. The van der Waals surface area contributed by atoms with Gasteiger partial charge in [-0.05, 0) is 38.3 Å². The van der Waals surface area contributed by atoms with E-state index in [0.717, 1.165) is 19.5 Å². The molecule has 0 amide bonds. The van der Waals surface area contributed by atoms with E-state index in [1.54, 1.807) is 0 Å². The summed E-state index contributed by atoms with van der Waals surface area (Å²) >= 11 is 0. The second-order valence-electron chi connectivity index (χ2n) is 4.53. The summed E-state index contributed by atoms with van der Waals surface area (Å²) in [5.41, 5.74) is 1.38. The number of nitrogens with zero attached hydrogens (tertiary/aromatic N) is 1. The molecule has 0 spiro atoms. The van der Waals surface area contributed by atoms with Crippen LogP contribution in [0, 0.1) is 0 Å². The predicted octanol–water partition coefficient (Wildman–Crippen LogP) is 2.17. The fraction of sp³-hybridized carbons (Fsp3) is 0.692. The molecule has 1 saturated carbocycles. The minimum Gasteiger partial charge on any atom is -0.381 e. The van der Waals surface area contributed by atoms with Gasteiger partial charge in [-0.1, -0.05) is 0 Å². The van der Waals surface area contributed by atoms with E-state index < -0.39 is 0 Å². The molecule has 0 radical (unpaired) electrons. The molecule has 0 aromatic carbocycles. The number of ether oxygens (including phenoxy) is 1. The standard InChI is InChI=1S/C13H22N2O/c1-3-15-8-4-5-12(15)10-14-11-6-7-13(9-11)16-2/h4-5,8,11,13-14H,3,6-7,9-10H2,1-2H3. The maximum absolute atomic E-state index is 5.38. The molecule has 90 valence electrons. The van der Waals surface area contributed by atoms with Gasteiger partial charge in [-0.3, -0.25) is 0 Å². The first-order chi connectivity index (χ1) is 7.83. The Morgan fingerprint density at radius 3 is 3.06 bits per heavy atom. The summed E-state index contributed by atoms with van der Waals surface area (Å²) in [4.78, 5) is 0. The molecule has 1 N–H and O–H groups in total. The summed E-state index contributed by atoms with van der Waals surface area (Å²) in [6.07, 6.45) is 6.21. The first-order valence-electron chi connectivity index (χ1n) is 6.23. The zero-order valence-electron chi connectivity index (χ0n) is 10.3. The fourth-order valence-corrected chi connectivity index (χ4v) is 2.51. The highest BCUT2D eigenvalue weighted by Gasteiger charge is 2.23. The third-order valence-electron chi connectivity index (χ3n) is 3.55. The van der Waals surface area contributed by atoms with Crippen LogP contribution >= 0.6 is 0 Å². The smallest absolute Gasteiger partial charge is 0.0586 e. The van der Waals surface area contributed by atoms with Crippen LogP contribution in [0.3, 0.4) is 0 Å². The van der Waals surface area contributed by atoms with Crippen LogP contribution in [0.5, 0.6) is 0 Å². The number of rotatable bonds is 5. The number of aryl methyl sites for hydroxylation is 1. The lowest BCUT2D eigenvalue weighted by Gasteiger charge is -2.14. The van der Waals surface area contributed by atoms with E-state index in [-0.39, 0.29) is 0 Å². The van der Waals surface area contributed by atoms with Gasteiger partial charge in [0.25, 0.3) is 0 Å². The van der Waals surface area contributed by atoms with Gasteiger partial charge >= 0.3 is 0 Å². The van der Waals surface area contributed by atoms with Gasteiger partial charge in [-0.15, -0.1) is 0 Å². The third kappa shape index (κ3) is 2.66. The maximum atomic E-state index is 5.38. The molecular formula is C13H22N2O. The van der Waals surface area contributed by atoms with E-state index in [9.17, 15) is 0 Å². The molecule has 0 bridgehead atoms. The van der Waals surface area contributed by atoms with Crippen molar-refractivity contribution < 1.29 is 4.74 Å². The molecule has 1 aromatic heterocycles. The van der Waals surface area contributed by atoms with Crippen LogP contribution in [0.2, 0.25) is 0 Å². The largest absolute Gasteiger partial charge is 0.381 e. The zero-order chi connectivity index (χ0) is 11.4. The fourth-order valence-electron chi connectivity index (χ4n) is 2.51. The number of nitrogens with one attached hydrogen (secondary N) is 1. The van der Waals surface area contributed by atoms with Gasteiger partial charge in [0, 0.05) is 38.1 Å². The molecule has 2 unspecified atom stereocenters. The molecule has 2 atom stereocenters. The molecule has 1 fully saturated rings. The molecule has 3 nitrogen and oxygen atoms in total. The minimum atomic E-state index is 0.468. The Balaban J connectivity index is 1.80. The molecule has 1 aromatic rings. The monoisotopic (exact) mass is 222 g/mol. The summed E-state index contributed by atoms with van der Waals surface area (Å²) in [6, 6.07) is 4.94. The normalized spacial score (nSPS) is 25.1. The van der Waals surface area contributed by atoms with Gasteiger partial charge < -0.3 is 14.6 Å². The SMILES string of the molecule is CCn1cccc1CNC1CCC(OC)C1. The van der Waals surface area contributed by atoms with E-state index in [1.165, 1.54) is 18.5 Å². The van der Waals surface area contributed by atoms with Crippen LogP contribution in [0.1, 0.15) is 31.9 Å². The molecule has 0 saturated heterocycles. The summed E-state index contributed by atoms with van der Waals surface area (Å²) < 4.78 is 7.67. The Hall–Kier alpha value is -0.800. The lowest BCUT2D eigenvalue weighted by molar-refractivity contribution is 0.107. The quantitative estimate of drug-likeness (QED) is 0.826. The van der Waals surface area contributed by atoms with Crippen molar-refractivity contribution in [2.45, 2.75) is 51.4 Å². The van der Waals surface area contributed by atoms with E-state index in [1.807, 2.05) is 7.11 Å². The van der Waals surface area contributed by atoms with Crippen LogP contribution in [-0.2, 0) is 17.8 Å². The number of hydrogen-bond acceptors (Lipinski definition) is 2. The topological polar surface area (TPSA) is 26.2 Å². The van der Waals surface area contributed by atoms with Gasteiger partial charge in [0.15, 0.2) is 0 Å². The second kappa shape index (κ2) is 5.51. The molecule has 16 heavy (non-hydrogen) atoms. The summed E-state index contributed by atoms with van der Waals surface area (Å²) in [5.74, 6) is 0. The molecule has 1 heterocycles. The van der Waals surface area contributed by atoms with Crippen LogP contribution in [0.25, 0.3) is 0 Å². The van der Waals surface area contributed by atoms with Crippen molar-refractivity contribution in [1.29, 1.82) is 0 Å². The molecule has 1 aliphatic rings. The number of methoxy groups -OCH3 is 1. The lowest BCUT2D eigenvalue weighted by atomic mass is 10.2. The van der Waals surface area contributed by atoms with Crippen molar-refractivity contribution in [3.05, 3.63) is 24.0 Å². The van der Waals surface area contributed by atoms with Gasteiger partial charge in [-0.2, -0.15) is 0 Å². The number of hydrogen-bond donors (Lipinski definition) is 1.